The van der Waals surface area contributed by atoms with Crippen LogP contribution in [0.15, 0.2) is 36.9 Å². The van der Waals surface area contributed by atoms with Gasteiger partial charge in [0.2, 0.25) is 0 Å². The van der Waals surface area contributed by atoms with E-state index in [1.54, 1.807) is 29.5 Å². The molecule has 0 saturated heterocycles. The third kappa shape index (κ3) is 3.00. The third-order valence-electron chi connectivity index (χ3n) is 2.64. The van der Waals surface area contributed by atoms with Gasteiger partial charge >= 0.3 is 0 Å². The van der Waals surface area contributed by atoms with Crippen LogP contribution in [0, 0.1) is 0 Å². The van der Waals surface area contributed by atoms with Crippen LogP contribution in [0.2, 0.25) is 0 Å². The number of carbonyl (C=O) groups excluding carboxylic acids is 1. The van der Waals surface area contributed by atoms with Gasteiger partial charge in [0.1, 0.15) is 0 Å². The first-order chi connectivity index (χ1) is 8.29. The molecule has 0 aromatic carbocycles. The monoisotopic (exact) mass is 229 g/mol. The van der Waals surface area contributed by atoms with E-state index in [1.807, 2.05) is 19.1 Å². The van der Waals surface area contributed by atoms with Crippen molar-refractivity contribution in [2.24, 2.45) is 0 Å². The standard InChI is InChI=1S/C13H15N3O/c1-2-16-10-12(9-15-16)13(17)6-5-11-4-3-7-14-8-11/h3-4,7-10H,2,5-6H2,1H3. The number of rotatable bonds is 5. The van der Waals surface area contributed by atoms with Gasteiger partial charge in [0.15, 0.2) is 5.78 Å². The Kier molecular flexibility index (Phi) is 3.65. The Labute approximate surface area is 100 Å². The van der Waals surface area contributed by atoms with E-state index in [1.165, 1.54) is 0 Å². The van der Waals surface area contributed by atoms with Gasteiger partial charge in [0.05, 0.1) is 11.8 Å². The molecule has 0 radical (unpaired) electrons. The molecular weight excluding hydrogens is 214 g/mol. The molecule has 2 aromatic heterocycles. The molecular formula is C13H15N3O. The van der Waals surface area contributed by atoms with E-state index in [-0.39, 0.29) is 5.78 Å². The van der Waals surface area contributed by atoms with Crippen molar-refractivity contribution in [3.8, 4) is 0 Å². The summed E-state index contributed by atoms with van der Waals surface area (Å²) in [6, 6.07) is 3.87. The van der Waals surface area contributed by atoms with Crippen LogP contribution < -0.4 is 0 Å². The zero-order chi connectivity index (χ0) is 12.1. The summed E-state index contributed by atoms with van der Waals surface area (Å²) in [5, 5.41) is 4.09. The summed E-state index contributed by atoms with van der Waals surface area (Å²) in [7, 11) is 0. The van der Waals surface area contributed by atoms with Gasteiger partial charge in [0, 0.05) is 31.6 Å². The summed E-state index contributed by atoms with van der Waals surface area (Å²) in [4.78, 5) is 15.9. The molecule has 0 aliphatic rings. The summed E-state index contributed by atoms with van der Waals surface area (Å²) in [5.74, 6) is 0.133. The molecule has 4 nitrogen and oxygen atoms in total. The molecule has 0 N–H and O–H groups in total. The summed E-state index contributed by atoms with van der Waals surface area (Å²) in [6.07, 6.45) is 8.19. The SMILES string of the molecule is CCn1cc(C(=O)CCc2cccnc2)cn1. The molecule has 0 atom stereocenters. The summed E-state index contributed by atoms with van der Waals surface area (Å²) in [6.45, 7) is 2.78. The van der Waals surface area contributed by atoms with E-state index in [0.29, 0.717) is 12.0 Å². The summed E-state index contributed by atoms with van der Waals surface area (Å²) >= 11 is 0. The lowest BCUT2D eigenvalue weighted by molar-refractivity contribution is 0.0982. The predicted octanol–water partition coefficient (Wildman–Crippen LogP) is 2.11. The maximum Gasteiger partial charge on any atom is 0.166 e. The van der Waals surface area contributed by atoms with E-state index in [9.17, 15) is 4.79 Å². The van der Waals surface area contributed by atoms with Gasteiger partial charge in [-0.15, -0.1) is 0 Å². The minimum atomic E-state index is 0.133. The Balaban J connectivity index is 1.93. The van der Waals surface area contributed by atoms with Crippen molar-refractivity contribution in [1.29, 1.82) is 0 Å². The number of carbonyl (C=O) groups is 1. The Bertz CT molecular complexity index is 490. The van der Waals surface area contributed by atoms with E-state index in [0.717, 1.165) is 18.5 Å². The van der Waals surface area contributed by atoms with Crippen molar-refractivity contribution in [3.63, 3.8) is 0 Å². The molecule has 0 fully saturated rings. The van der Waals surface area contributed by atoms with Crippen molar-refractivity contribution >= 4 is 5.78 Å². The van der Waals surface area contributed by atoms with Crippen LogP contribution in [-0.4, -0.2) is 20.5 Å². The van der Waals surface area contributed by atoms with Crippen LogP contribution in [-0.2, 0) is 13.0 Å². The molecule has 0 aliphatic carbocycles. The van der Waals surface area contributed by atoms with E-state index in [2.05, 4.69) is 10.1 Å². The van der Waals surface area contributed by atoms with Crippen molar-refractivity contribution in [2.75, 3.05) is 0 Å². The van der Waals surface area contributed by atoms with E-state index >= 15 is 0 Å². The molecule has 0 spiro atoms. The van der Waals surface area contributed by atoms with Gasteiger partial charge in [-0.3, -0.25) is 14.5 Å². The van der Waals surface area contributed by atoms with Gasteiger partial charge < -0.3 is 0 Å². The maximum absolute atomic E-state index is 11.9. The summed E-state index contributed by atoms with van der Waals surface area (Å²) < 4.78 is 1.76. The highest BCUT2D eigenvalue weighted by molar-refractivity contribution is 5.95. The Hall–Kier alpha value is -1.97. The fourth-order valence-electron chi connectivity index (χ4n) is 1.63. The number of aromatic nitrogens is 3. The first-order valence-electron chi connectivity index (χ1n) is 5.74. The number of nitrogens with zero attached hydrogens (tertiary/aromatic N) is 3. The molecule has 17 heavy (non-hydrogen) atoms. The van der Waals surface area contributed by atoms with Gasteiger partial charge in [-0.1, -0.05) is 6.07 Å². The fourth-order valence-corrected chi connectivity index (χ4v) is 1.63. The highest BCUT2D eigenvalue weighted by Gasteiger charge is 2.08. The Morgan fingerprint density at radius 2 is 2.29 bits per heavy atom. The minimum absolute atomic E-state index is 0.133. The largest absolute Gasteiger partial charge is 0.294 e. The Morgan fingerprint density at radius 3 is 2.94 bits per heavy atom. The lowest BCUT2D eigenvalue weighted by atomic mass is 10.1. The lowest BCUT2D eigenvalue weighted by Crippen LogP contribution is -2.00. The fraction of sp³-hybridized carbons (Fsp3) is 0.308. The third-order valence-corrected chi connectivity index (χ3v) is 2.64. The van der Waals surface area contributed by atoms with Crippen molar-refractivity contribution in [1.82, 2.24) is 14.8 Å². The second-order valence-electron chi connectivity index (χ2n) is 3.87. The molecule has 2 heterocycles. The number of hydrogen-bond acceptors (Lipinski definition) is 3. The van der Waals surface area contributed by atoms with Crippen molar-refractivity contribution in [2.45, 2.75) is 26.3 Å². The van der Waals surface area contributed by atoms with Gasteiger partial charge in [0.25, 0.3) is 0 Å². The number of hydrogen-bond donors (Lipinski definition) is 0. The molecule has 88 valence electrons. The second-order valence-corrected chi connectivity index (χ2v) is 3.87. The molecule has 0 amide bonds. The molecule has 4 heteroatoms. The van der Waals surface area contributed by atoms with Crippen LogP contribution >= 0.6 is 0 Å². The van der Waals surface area contributed by atoms with Crippen LogP contribution in [0.25, 0.3) is 0 Å². The molecule has 0 aliphatic heterocycles. The van der Waals surface area contributed by atoms with E-state index in [4.69, 9.17) is 0 Å². The molecule has 2 rings (SSSR count). The van der Waals surface area contributed by atoms with Crippen LogP contribution in [0.1, 0.15) is 29.3 Å². The van der Waals surface area contributed by atoms with Crippen LogP contribution in [0.4, 0.5) is 0 Å². The maximum atomic E-state index is 11.9. The zero-order valence-corrected chi connectivity index (χ0v) is 9.84. The molecule has 0 bridgehead atoms. The summed E-state index contributed by atoms with van der Waals surface area (Å²) in [5.41, 5.74) is 1.78. The number of aryl methyl sites for hydroxylation is 2. The highest BCUT2D eigenvalue weighted by atomic mass is 16.1. The van der Waals surface area contributed by atoms with Crippen molar-refractivity contribution in [3.05, 3.63) is 48.0 Å². The van der Waals surface area contributed by atoms with Crippen LogP contribution in [0.5, 0.6) is 0 Å². The quantitative estimate of drug-likeness (QED) is 0.738. The predicted molar refractivity (Wildman–Crippen MR) is 64.8 cm³/mol. The number of pyridine rings is 1. The zero-order valence-electron chi connectivity index (χ0n) is 9.84. The minimum Gasteiger partial charge on any atom is -0.294 e. The second kappa shape index (κ2) is 5.39. The normalized spacial score (nSPS) is 10.4. The van der Waals surface area contributed by atoms with Crippen LogP contribution in [0.3, 0.4) is 0 Å². The average Bonchev–Trinajstić information content (AvgIpc) is 2.86. The molecule has 0 saturated carbocycles. The Morgan fingerprint density at radius 1 is 1.41 bits per heavy atom. The smallest absolute Gasteiger partial charge is 0.166 e. The van der Waals surface area contributed by atoms with Crippen molar-refractivity contribution < 1.29 is 4.79 Å². The van der Waals surface area contributed by atoms with E-state index < -0.39 is 0 Å². The lowest BCUT2D eigenvalue weighted by Gasteiger charge is -1.98. The highest BCUT2D eigenvalue weighted by Crippen LogP contribution is 2.07. The molecule has 0 unspecified atom stereocenters. The van der Waals surface area contributed by atoms with Gasteiger partial charge in [-0.2, -0.15) is 5.10 Å². The first-order valence-corrected chi connectivity index (χ1v) is 5.74. The molecule has 2 aromatic rings. The van der Waals surface area contributed by atoms with Gasteiger partial charge in [-0.25, -0.2) is 0 Å². The first kappa shape index (κ1) is 11.5. The average molecular weight is 229 g/mol. The topological polar surface area (TPSA) is 47.8 Å². The van der Waals surface area contributed by atoms with Gasteiger partial charge in [-0.05, 0) is 25.0 Å². The number of ketones is 1. The number of Topliss-reactive ketones (excluding diaryl/α,β-unsaturated/α-hetero) is 1.